The number of hydrogen-bond acceptors (Lipinski definition) is 7. The molecule has 0 aliphatic carbocycles. The Labute approximate surface area is 221 Å². The number of ether oxygens (including phenoxy) is 2. The van der Waals surface area contributed by atoms with Crippen molar-refractivity contribution in [2.75, 3.05) is 19.5 Å². The molecule has 0 saturated heterocycles. The van der Waals surface area contributed by atoms with Crippen LogP contribution in [0.1, 0.15) is 12.5 Å². The number of methoxy groups -OCH3 is 1. The fraction of sp³-hybridized carbons (Fsp3) is 0.154. The van der Waals surface area contributed by atoms with E-state index in [0.29, 0.717) is 29.1 Å². The van der Waals surface area contributed by atoms with Gasteiger partial charge in [0.2, 0.25) is 0 Å². The third kappa shape index (κ3) is 6.32. The highest BCUT2D eigenvalue weighted by Crippen LogP contribution is 2.29. The zero-order valence-corrected chi connectivity index (χ0v) is 22.1. The van der Waals surface area contributed by atoms with Crippen LogP contribution in [0.4, 0.5) is 0 Å². The lowest BCUT2D eigenvalue weighted by atomic mass is 10.2. The van der Waals surface area contributed by atoms with E-state index >= 15 is 0 Å². The number of benzene rings is 3. The minimum absolute atomic E-state index is 0.118. The largest absolute Gasteiger partial charge is 0.493 e. The highest BCUT2D eigenvalue weighted by molar-refractivity contribution is 9.10. The Kier molecular flexibility index (Phi) is 8.75. The zero-order chi connectivity index (χ0) is 25.3. The summed E-state index contributed by atoms with van der Waals surface area (Å²) in [4.78, 5) is 12.5. The summed E-state index contributed by atoms with van der Waals surface area (Å²) in [6.45, 7) is 2.45. The highest BCUT2D eigenvalue weighted by atomic mass is 79.9. The van der Waals surface area contributed by atoms with E-state index in [1.807, 2.05) is 72.2 Å². The Bertz CT molecular complexity index is 1340. The van der Waals surface area contributed by atoms with Crippen molar-refractivity contribution in [3.63, 3.8) is 0 Å². The number of rotatable bonds is 10. The summed E-state index contributed by atoms with van der Waals surface area (Å²) in [5.74, 6) is 1.81. The second kappa shape index (κ2) is 12.4. The SMILES string of the molecule is CCOc1ccc(C=NNC(=O)CSc2nnc(-c3ccccc3)n2-c2ccc(Br)cc2)cc1OC. The summed E-state index contributed by atoms with van der Waals surface area (Å²) < 4.78 is 13.8. The van der Waals surface area contributed by atoms with Gasteiger partial charge in [-0.25, -0.2) is 5.43 Å². The van der Waals surface area contributed by atoms with Crippen molar-refractivity contribution < 1.29 is 14.3 Å². The normalized spacial score (nSPS) is 11.0. The predicted octanol–water partition coefficient (Wildman–Crippen LogP) is 5.35. The van der Waals surface area contributed by atoms with Gasteiger partial charge in [-0.2, -0.15) is 5.10 Å². The molecule has 3 aromatic carbocycles. The van der Waals surface area contributed by atoms with Gasteiger partial charge in [-0.3, -0.25) is 9.36 Å². The number of carbonyl (C=O) groups excluding carboxylic acids is 1. The van der Waals surface area contributed by atoms with Crippen molar-refractivity contribution in [2.45, 2.75) is 12.1 Å². The van der Waals surface area contributed by atoms with Gasteiger partial charge in [0.05, 0.1) is 25.7 Å². The lowest BCUT2D eigenvalue weighted by Crippen LogP contribution is -2.20. The molecule has 0 unspecified atom stereocenters. The summed E-state index contributed by atoms with van der Waals surface area (Å²) in [7, 11) is 1.58. The number of hydrogen-bond donors (Lipinski definition) is 1. The Morgan fingerprint density at radius 2 is 1.86 bits per heavy atom. The van der Waals surface area contributed by atoms with Gasteiger partial charge in [0, 0.05) is 15.7 Å². The summed E-state index contributed by atoms with van der Waals surface area (Å²) in [5.41, 5.74) is 5.15. The van der Waals surface area contributed by atoms with E-state index in [1.54, 1.807) is 25.5 Å². The molecule has 0 spiro atoms. The Morgan fingerprint density at radius 1 is 1.08 bits per heavy atom. The van der Waals surface area contributed by atoms with Crippen molar-refractivity contribution in [3.05, 3.63) is 82.8 Å². The van der Waals surface area contributed by atoms with Gasteiger partial charge in [0.25, 0.3) is 5.91 Å². The third-order valence-electron chi connectivity index (χ3n) is 4.97. The maximum atomic E-state index is 12.5. The van der Waals surface area contributed by atoms with Gasteiger partial charge in [-0.1, -0.05) is 58.0 Å². The second-order valence-corrected chi connectivity index (χ2v) is 9.27. The topological polar surface area (TPSA) is 90.6 Å². The van der Waals surface area contributed by atoms with E-state index in [-0.39, 0.29) is 11.7 Å². The molecular formula is C26H24BrN5O3S. The minimum atomic E-state index is -0.263. The molecule has 0 atom stereocenters. The van der Waals surface area contributed by atoms with Gasteiger partial charge in [-0.05, 0) is 55.0 Å². The van der Waals surface area contributed by atoms with Crippen LogP contribution in [-0.4, -0.2) is 46.4 Å². The molecule has 8 nitrogen and oxygen atoms in total. The van der Waals surface area contributed by atoms with Crippen LogP contribution in [-0.2, 0) is 4.79 Å². The molecule has 36 heavy (non-hydrogen) atoms. The number of carbonyl (C=O) groups is 1. The van der Waals surface area contributed by atoms with Crippen LogP contribution in [0.5, 0.6) is 11.5 Å². The summed E-state index contributed by atoms with van der Waals surface area (Å²) in [5, 5.41) is 13.4. The quantitative estimate of drug-likeness (QED) is 0.158. The standard InChI is InChI=1S/C26H24BrN5O3S/c1-3-35-22-14-9-18(15-23(22)34-2)16-28-29-24(33)17-36-26-31-30-25(19-7-5-4-6-8-19)32(26)21-12-10-20(27)11-13-21/h4-16H,3,17H2,1-2H3,(H,29,33). The summed E-state index contributed by atoms with van der Waals surface area (Å²) in [6, 6.07) is 23.1. The molecule has 1 amide bonds. The molecule has 0 aliphatic heterocycles. The Hall–Kier alpha value is -3.63. The minimum Gasteiger partial charge on any atom is -0.493 e. The van der Waals surface area contributed by atoms with E-state index in [4.69, 9.17) is 9.47 Å². The van der Waals surface area contributed by atoms with E-state index in [1.165, 1.54) is 11.8 Å². The first-order valence-electron chi connectivity index (χ1n) is 11.1. The average Bonchev–Trinajstić information content (AvgIpc) is 3.33. The molecule has 0 radical (unpaired) electrons. The Morgan fingerprint density at radius 3 is 2.58 bits per heavy atom. The molecule has 0 fully saturated rings. The number of halogens is 1. The lowest BCUT2D eigenvalue weighted by Gasteiger charge is -2.10. The molecule has 4 aromatic rings. The molecule has 1 N–H and O–H groups in total. The number of hydrazone groups is 1. The second-order valence-electron chi connectivity index (χ2n) is 7.41. The van der Waals surface area contributed by atoms with Crippen LogP contribution >= 0.6 is 27.7 Å². The van der Waals surface area contributed by atoms with Crippen LogP contribution in [0, 0.1) is 0 Å². The van der Waals surface area contributed by atoms with Gasteiger partial charge in [-0.15, -0.1) is 10.2 Å². The summed E-state index contributed by atoms with van der Waals surface area (Å²) in [6.07, 6.45) is 1.55. The monoisotopic (exact) mass is 565 g/mol. The van der Waals surface area contributed by atoms with E-state index in [2.05, 4.69) is 36.7 Å². The first kappa shape index (κ1) is 25.5. The molecule has 10 heteroatoms. The first-order valence-corrected chi connectivity index (χ1v) is 12.9. The molecular weight excluding hydrogens is 542 g/mol. The van der Waals surface area contributed by atoms with Crippen molar-refractivity contribution in [3.8, 4) is 28.6 Å². The Balaban J connectivity index is 1.45. The van der Waals surface area contributed by atoms with Crippen LogP contribution < -0.4 is 14.9 Å². The van der Waals surface area contributed by atoms with E-state index < -0.39 is 0 Å². The fourth-order valence-corrected chi connectivity index (χ4v) is 4.35. The maximum absolute atomic E-state index is 12.5. The van der Waals surface area contributed by atoms with E-state index in [0.717, 1.165) is 21.3 Å². The molecule has 0 bridgehead atoms. The van der Waals surface area contributed by atoms with Gasteiger partial charge < -0.3 is 9.47 Å². The molecule has 1 aromatic heterocycles. The average molecular weight is 566 g/mol. The molecule has 0 saturated carbocycles. The van der Waals surface area contributed by atoms with Gasteiger partial charge in [0.1, 0.15) is 0 Å². The van der Waals surface area contributed by atoms with Crippen molar-refractivity contribution >= 4 is 39.8 Å². The lowest BCUT2D eigenvalue weighted by molar-refractivity contribution is -0.118. The third-order valence-corrected chi connectivity index (χ3v) is 6.43. The number of thioether (sulfide) groups is 1. The molecule has 0 aliphatic rings. The predicted molar refractivity (Wildman–Crippen MR) is 145 cm³/mol. The van der Waals surface area contributed by atoms with Crippen LogP contribution in [0.15, 0.2) is 87.5 Å². The van der Waals surface area contributed by atoms with Gasteiger partial charge >= 0.3 is 0 Å². The summed E-state index contributed by atoms with van der Waals surface area (Å²) >= 11 is 4.76. The van der Waals surface area contributed by atoms with Crippen molar-refractivity contribution in [2.24, 2.45) is 5.10 Å². The highest BCUT2D eigenvalue weighted by Gasteiger charge is 2.17. The van der Waals surface area contributed by atoms with Crippen molar-refractivity contribution in [1.82, 2.24) is 20.2 Å². The molecule has 1 heterocycles. The van der Waals surface area contributed by atoms with Crippen LogP contribution in [0.25, 0.3) is 17.1 Å². The van der Waals surface area contributed by atoms with Crippen LogP contribution in [0.3, 0.4) is 0 Å². The van der Waals surface area contributed by atoms with E-state index in [9.17, 15) is 4.79 Å². The number of aromatic nitrogens is 3. The zero-order valence-electron chi connectivity index (χ0n) is 19.7. The first-order chi connectivity index (χ1) is 17.6. The van der Waals surface area contributed by atoms with Gasteiger partial charge in [0.15, 0.2) is 22.5 Å². The maximum Gasteiger partial charge on any atom is 0.250 e. The number of nitrogens with one attached hydrogen (secondary N) is 1. The smallest absolute Gasteiger partial charge is 0.250 e. The van der Waals surface area contributed by atoms with Crippen LogP contribution in [0.2, 0.25) is 0 Å². The number of nitrogens with zero attached hydrogens (tertiary/aromatic N) is 4. The molecule has 4 rings (SSSR count). The molecule has 184 valence electrons. The van der Waals surface area contributed by atoms with Crippen molar-refractivity contribution in [1.29, 1.82) is 0 Å². The fourth-order valence-electron chi connectivity index (χ4n) is 3.34. The number of amides is 1.